The van der Waals surface area contributed by atoms with Crippen molar-refractivity contribution in [2.75, 3.05) is 6.61 Å². The van der Waals surface area contributed by atoms with Crippen LogP contribution in [0.25, 0.3) is 0 Å². The van der Waals surface area contributed by atoms with Gasteiger partial charge in [0.25, 0.3) is 0 Å². The Hall–Kier alpha value is -0.570. The SMILES string of the molecule is CC(F)CCOc1ccccc1Br. The lowest BCUT2D eigenvalue weighted by Crippen LogP contribution is -2.03. The van der Waals surface area contributed by atoms with Crippen LogP contribution in [-0.4, -0.2) is 12.8 Å². The second-order valence-corrected chi connectivity index (χ2v) is 3.70. The van der Waals surface area contributed by atoms with Gasteiger partial charge in [0.1, 0.15) is 11.9 Å². The summed E-state index contributed by atoms with van der Waals surface area (Å²) in [7, 11) is 0. The maximum atomic E-state index is 12.4. The van der Waals surface area contributed by atoms with Crippen molar-refractivity contribution in [3.8, 4) is 5.75 Å². The molecule has 0 amide bonds. The molecule has 0 heterocycles. The normalized spacial score (nSPS) is 12.5. The van der Waals surface area contributed by atoms with E-state index >= 15 is 0 Å². The summed E-state index contributed by atoms with van der Waals surface area (Å²) in [5.41, 5.74) is 0. The van der Waals surface area contributed by atoms with Crippen molar-refractivity contribution in [3.63, 3.8) is 0 Å². The molecular weight excluding hydrogens is 235 g/mol. The van der Waals surface area contributed by atoms with Gasteiger partial charge in [-0.2, -0.15) is 0 Å². The van der Waals surface area contributed by atoms with Gasteiger partial charge >= 0.3 is 0 Å². The minimum atomic E-state index is -0.803. The monoisotopic (exact) mass is 246 g/mol. The summed E-state index contributed by atoms with van der Waals surface area (Å²) < 4.78 is 18.7. The number of alkyl halides is 1. The maximum Gasteiger partial charge on any atom is 0.133 e. The Morgan fingerprint density at radius 2 is 2.15 bits per heavy atom. The van der Waals surface area contributed by atoms with Crippen molar-refractivity contribution in [2.24, 2.45) is 0 Å². The van der Waals surface area contributed by atoms with Gasteiger partial charge in [0.05, 0.1) is 11.1 Å². The van der Waals surface area contributed by atoms with E-state index in [1.54, 1.807) is 0 Å². The van der Waals surface area contributed by atoms with Crippen molar-refractivity contribution < 1.29 is 9.13 Å². The Kier molecular flexibility index (Phi) is 4.22. The molecule has 1 aromatic rings. The standard InChI is InChI=1S/C10H12BrFO/c1-8(12)6-7-13-10-5-3-2-4-9(10)11/h2-5,8H,6-7H2,1H3. The molecule has 72 valence electrons. The topological polar surface area (TPSA) is 9.23 Å². The predicted octanol–water partition coefficient (Wildman–Crippen LogP) is 3.58. The molecule has 0 N–H and O–H groups in total. The van der Waals surface area contributed by atoms with E-state index in [2.05, 4.69) is 15.9 Å². The second kappa shape index (κ2) is 5.22. The zero-order valence-corrected chi connectivity index (χ0v) is 9.05. The van der Waals surface area contributed by atoms with Crippen LogP contribution in [0.1, 0.15) is 13.3 Å². The van der Waals surface area contributed by atoms with Gasteiger partial charge in [0.2, 0.25) is 0 Å². The Bertz CT molecular complexity index is 263. The van der Waals surface area contributed by atoms with E-state index in [0.29, 0.717) is 13.0 Å². The van der Waals surface area contributed by atoms with E-state index in [-0.39, 0.29) is 0 Å². The fraction of sp³-hybridized carbons (Fsp3) is 0.400. The molecule has 0 saturated carbocycles. The molecule has 1 aromatic carbocycles. The lowest BCUT2D eigenvalue weighted by Gasteiger charge is -2.07. The number of hydrogen-bond donors (Lipinski definition) is 0. The molecule has 0 fully saturated rings. The summed E-state index contributed by atoms with van der Waals surface area (Å²) in [5, 5.41) is 0. The van der Waals surface area contributed by atoms with Gasteiger partial charge in [-0.05, 0) is 35.0 Å². The third-order valence-corrected chi connectivity index (χ3v) is 2.26. The van der Waals surface area contributed by atoms with Gasteiger partial charge < -0.3 is 4.74 Å². The van der Waals surface area contributed by atoms with Crippen LogP contribution in [0.2, 0.25) is 0 Å². The Labute approximate surface area is 86.0 Å². The van der Waals surface area contributed by atoms with Crippen LogP contribution in [0.4, 0.5) is 4.39 Å². The number of para-hydroxylation sites is 1. The first-order valence-corrected chi connectivity index (χ1v) is 5.01. The van der Waals surface area contributed by atoms with Crippen molar-refractivity contribution >= 4 is 15.9 Å². The van der Waals surface area contributed by atoms with Crippen LogP contribution in [0.3, 0.4) is 0 Å². The van der Waals surface area contributed by atoms with Gasteiger partial charge in [0.15, 0.2) is 0 Å². The van der Waals surface area contributed by atoms with Crippen molar-refractivity contribution in [1.82, 2.24) is 0 Å². The molecule has 0 aliphatic heterocycles. The lowest BCUT2D eigenvalue weighted by atomic mass is 10.3. The number of rotatable bonds is 4. The Morgan fingerprint density at radius 3 is 2.77 bits per heavy atom. The zero-order chi connectivity index (χ0) is 9.68. The Balaban J connectivity index is 2.41. The highest BCUT2D eigenvalue weighted by atomic mass is 79.9. The van der Waals surface area contributed by atoms with Crippen LogP contribution in [-0.2, 0) is 0 Å². The molecule has 0 aliphatic carbocycles. The molecule has 0 aliphatic rings. The van der Waals surface area contributed by atoms with Gasteiger partial charge in [0, 0.05) is 6.42 Å². The summed E-state index contributed by atoms with van der Waals surface area (Å²) in [6.45, 7) is 1.95. The van der Waals surface area contributed by atoms with E-state index in [1.807, 2.05) is 24.3 Å². The summed E-state index contributed by atoms with van der Waals surface area (Å²) in [4.78, 5) is 0. The fourth-order valence-corrected chi connectivity index (χ4v) is 1.29. The highest BCUT2D eigenvalue weighted by Crippen LogP contribution is 2.23. The molecular formula is C10H12BrFO. The minimum absolute atomic E-state index is 0.417. The van der Waals surface area contributed by atoms with Crippen molar-refractivity contribution in [2.45, 2.75) is 19.5 Å². The van der Waals surface area contributed by atoms with Crippen molar-refractivity contribution in [3.05, 3.63) is 28.7 Å². The average molecular weight is 247 g/mol. The molecule has 0 spiro atoms. The maximum absolute atomic E-state index is 12.4. The largest absolute Gasteiger partial charge is 0.492 e. The summed E-state index contributed by atoms with van der Waals surface area (Å²) in [5.74, 6) is 0.767. The highest BCUT2D eigenvalue weighted by molar-refractivity contribution is 9.10. The molecule has 1 unspecified atom stereocenters. The molecule has 0 saturated heterocycles. The Morgan fingerprint density at radius 1 is 1.46 bits per heavy atom. The van der Waals surface area contributed by atoms with Gasteiger partial charge in [-0.3, -0.25) is 0 Å². The lowest BCUT2D eigenvalue weighted by molar-refractivity contribution is 0.246. The van der Waals surface area contributed by atoms with E-state index < -0.39 is 6.17 Å². The van der Waals surface area contributed by atoms with Crippen LogP contribution in [0, 0.1) is 0 Å². The number of halogens is 2. The smallest absolute Gasteiger partial charge is 0.133 e. The highest BCUT2D eigenvalue weighted by Gasteiger charge is 2.01. The first-order chi connectivity index (χ1) is 6.20. The molecule has 0 radical (unpaired) electrons. The van der Waals surface area contributed by atoms with Crippen LogP contribution in [0.15, 0.2) is 28.7 Å². The second-order valence-electron chi connectivity index (χ2n) is 2.85. The van der Waals surface area contributed by atoms with Crippen LogP contribution < -0.4 is 4.74 Å². The molecule has 1 atom stereocenters. The molecule has 0 bridgehead atoms. The third-order valence-electron chi connectivity index (χ3n) is 1.61. The molecule has 1 nitrogen and oxygen atoms in total. The quantitative estimate of drug-likeness (QED) is 0.790. The molecule has 1 rings (SSSR count). The predicted molar refractivity (Wildman–Crippen MR) is 54.8 cm³/mol. The number of ether oxygens (including phenoxy) is 1. The minimum Gasteiger partial charge on any atom is -0.492 e. The van der Waals surface area contributed by atoms with E-state index in [9.17, 15) is 4.39 Å². The number of hydrogen-bond acceptors (Lipinski definition) is 1. The molecule has 13 heavy (non-hydrogen) atoms. The van der Waals surface area contributed by atoms with Gasteiger partial charge in [-0.1, -0.05) is 12.1 Å². The first-order valence-electron chi connectivity index (χ1n) is 4.21. The van der Waals surface area contributed by atoms with E-state index in [4.69, 9.17) is 4.74 Å². The first kappa shape index (κ1) is 10.5. The average Bonchev–Trinajstić information content (AvgIpc) is 2.08. The van der Waals surface area contributed by atoms with Crippen molar-refractivity contribution in [1.29, 1.82) is 0 Å². The molecule has 0 aromatic heterocycles. The summed E-state index contributed by atoms with van der Waals surface area (Å²) in [6.07, 6.45) is -0.371. The fourth-order valence-electron chi connectivity index (χ4n) is 0.893. The van der Waals surface area contributed by atoms with Gasteiger partial charge in [-0.15, -0.1) is 0 Å². The summed E-state index contributed by atoms with van der Waals surface area (Å²) in [6, 6.07) is 7.55. The van der Waals surface area contributed by atoms with Crippen LogP contribution >= 0.6 is 15.9 Å². The van der Waals surface area contributed by atoms with E-state index in [0.717, 1.165) is 10.2 Å². The zero-order valence-electron chi connectivity index (χ0n) is 7.47. The van der Waals surface area contributed by atoms with Gasteiger partial charge in [-0.25, -0.2) is 4.39 Å². The van der Waals surface area contributed by atoms with Crippen LogP contribution in [0.5, 0.6) is 5.75 Å². The van der Waals surface area contributed by atoms with E-state index in [1.165, 1.54) is 6.92 Å². The number of benzene rings is 1. The molecule has 3 heteroatoms. The summed E-state index contributed by atoms with van der Waals surface area (Å²) >= 11 is 3.34. The third kappa shape index (κ3) is 3.77.